The zero-order valence-corrected chi connectivity index (χ0v) is 16.8. The highest BCUT2D eigenvalue weighted by Gasteiger charge is 2.43. The van der Waals surface area contributed by atoms with E-state index in [9.17, 15) is 0 Å². The van der Waals surface area contributed by atoms with Gasteiger partial charge in [0.2, 0.25) is 0 Å². The first-order valence-electron chi connectivity index (χ1n) is 11.1. The van der Waals surface area contributed by atoms with Crippen LogP contribution in [0.1, 0.15) is 90.4 Å². The van der Waals surface area contributed by atoms with Crippen LogP contribution in [-0.2, 0) is 14.2 Å². The van der Waals surface area contributed by atoms with Crippen LogP contribution in [0, 0.1) is 11.8 Å². The first-order chi connectivity index (χ1) is 12.3. The normalized spacial score (nSPS) is 26.4. The van der Waals surface area contributed by atoms with E-state index in [1.165, 1.54) is 83.5 Å². The van der Waals surface area contributed by atoms with E-state index in [1.807, 2.05) is 0 Å². The number of rotatable bonds is 16. The average molecular weight is 355 g/mol. The molecule has 1 saturated carbocycles. The van der Waals surface area contributed by atoms with Gasteiger partial charge in [-0.2, -0.15) is 0 Å². The van der Waals surface area contributed by atoms with Crippen molar-refractivity contribution in [2.24, 2.45) is 11.8 Å². The standard InChI is InChI=1S/C22H42O3/c1-3-4-5-6-7-8-9-10-20(18-24-16-15-23-2)12-11-19-13-14-21-22(17-19)25-21/h19-22H,3-18H2,1-2H3. The minimum atomic E-state index is 0.623. The van der Waals surface area contributed by atoms with Crippen LogP contribution in [0.15, 0.2) is 0 Å². The fraction of sp³-hybridized carbons (Fsp3) is 1.00. The number of fused-ring (bicyclic) bond motifs is 1. The lowest BCUT2D eigenvalue weighted by atomic mass is 9.83. The van der Waals surface area contributed by atoms with Gasteiger partial charge < -0.3 is 14.2 Å². The molecular formula is C22H42O3. The Morgan fingerprint density at radius 2 is 1.72 bits per heavy atom. The van der Waals surface area contributed by atoms with E-state index in [-0.39, 0.29) is 0 Å². The minimum absolute atomic E-state index is 0.623. The number of ether oxygens (including phenoxy) is 3. The summed E-state index contributed by atoms with van der Waals surface area (Å²) in [5.74, 6) is 1.64. The highest BCUT2D eigenvalue weighted by atomic mass is 16.6. The zero-order valence-electron chi connectivity index (χ0n) is 16.8. The van der Waals surface area contributed by atoms with E-state index in [0.717, 1.165) is 25.0 Å². The molecule has 1 heterocycles. The van der Waals surface area contributed by atoms with Gasteiger partial charge in [0.25, 0.3) is 0 Å². The monoisotopic (exact) mass is 354 g/mol. The molecule has 1 aliphatic carbocycles. The summed E-state index contributed by atoms with van der Waals surface area (Å²) >= 11 is 0. The van der Waals surface area contributed by atoms with E-state index in [4.69, 9.17) is 14.2 Å². The molecule has 2 fully saturated rings. The number of hydrogen-bond acceptors (Lipinski definition) is 3. The Labute approximate surface area is 156 Å². The van der Waals surface area contributed by atoms with Crippen LogP contribution in [0.4, 0.5) is 0 Å². The molecular weight excluding hydrogens is 312 g/mol. The lowest BCUT2D eigenvalue weighted by Gasteiger charge is -2.23. The highest BCUT2D eigenvalue weighted by molar-refractivity contribution is 4.91. The number of hydrogen-bond donors (Lipinski definition) is 0. The summed E-state index contributed by atoms with van der Waals surface area (Å²) in [7, 11) is 1.75. The van der Waals surface area contributed by atoms with Crippen molar-refractivity contribution in [1.82, 2.24) is 0 Å². The molecule has 0 aromatic rings. The maximum atomic E-state index is 5.87. The van der Waals surface area contributed by atoms with E-state index in [1.54, 1.807) is 7.11 Å². The molecule has 4 atom stereocenters. The summed E-state index contributed by atoms with van der Waals surface area (Å²) in [6.07, 6.45) is 19.1. The quantitative estimate of drug-likeness (QED) is 0.261. The molecule has 4 unspecified atom stereocenters. The minimum Gasteiger partial charge on any atom is -0.382 e. The average Bonchev–Trinajstić information content (AvgIpc) is 3.40. The Morgan fingerprint density at radius 3 is 2.48 bits per heavy atom. The van der Waals surface area contributed by atoms with Crippen LogP contribution in [0.3, 0.4) is 0 Å². The first kappa shape index (κ1) is 21.2. The number of epoxide rings is 1. The third kappa shape index (κ3) is 9.40. The van der Waals surface area contributed by atoms with Gasteiger partial charge in [-0.15, -0.1) is 0 Å². The van der Waals surface area contributed by atoms with Gasteiger partial charge in [0.1, 0.15) is 0 Å². The molecule has 0 aromatic carbocycles. The molecule has 0 amide bonds. The van der Waals surface area contributed by atoms with E-state index < -0.39 is 0 Å². The van der Waals surface area contributed by atoms with Crippen molar-refractivity contribution in [3.8, 4) is 0 Å². The topological polar surface area (TPSA) is 31.0 Å². The second kappa shape index (κ2) is 13.1. The lowest BCUT2D eigenvalue weighted by Crippen LogP contribution is -2.17. The van der Waals surface area contributed by atoms with Gasteiger partial charge in [-0.05, 0) is 43.9 Å². The Hall–Kier alpha value is -0.120. The Bertz CT molecular complexity index is 320. The molecule has 1 saturated heterocycles. The molecule has 1 aliphatic heterocycles. The number of methoxy groups -OCH3 is 1. The fourth-order valence-corrected chi connectivity index (χ4v) is 4.31. The smallest absolute Gasteiger partial charge is 0.0844 e. The Kier molecular flexibility index (Phi) is 11.1. The Balaban J connectivity index is 1.56. The molecule has 0 spiro atoms. The summed E-state index contributed by atoms with van der Waals surface area (Å²) in [6.45, 7) is 4.67. The fourth-order valence-electron chi connectivity index (χ4n) is 4.31. The van der Waals surface area contributed by atoms with Crippen LogP contribution in [0.2, 0.25) is 0 Å². The molecule has 25 heavy (non-hydrogen) atoms. The van der Waals surface area contributed by atoms with Gasteiger partial charge in [-0.3, -0.25) is 0 Å². The van der Waals surface area contributed by atoms with Crippen molar-refractivity contribution in [2.45, 2.75) is 103 Å². The highest BCUT2D eigenvalue weighted by Crippen LogP contribution is 2.41. The second-order valence-electron chi connectivity index (χ2n) is 8.31. The molecule has 3 heteroatoms. The van der Waals surface area contributed by atoms with Gasteiger partial charge in [-0.1, -0.05) is 58.3 Å². The summed E-state index contributed by atoms with van der Waals surface area (Å²) in [5.41, 5.74) is 0. The summed E-state index contributed by atoms with van der Waals surface area (Å²) in [6, 6.07) is 0. The second-order valence-corrected chi connectivity index (χ2v) is 8.31. The maximum absolute atomic E-state index is 5.87. The molecule has 0 aromatic heterocycles. The molecule has 0 N–H and O–H groups in total. The predicted octanol–water partition coefficient (Wildman–Crippen LogP) is 5.75. The van der Waals surface area contributed by atoms with Gasteiger partial charge in [0, 0.05) is 13.7 Å². The van der Waals surface area contributed by atoms with Crippen molar-refractivity contribution in [3.63, 3.8) is 0 Å². The maximum Gasteiger partial charge on any atom is 0.0844 e. The van der Waals surface area contributed by atoms with Gasteiger partial charge in [0.05, 0.1) is 25.4 Å². The van der Waals surface area contributed by atoms with Crippen LogP contribution in [-0.4, -0.2) is 39.1 Å². The lowest BCUT2D eigenvalue weighted by molar-refractivity contribution is 0.0457. The molecule has 3 nitrogen and oxygen atoms in total. The van der Waals surface area contributed by atoms with Crippen LogP contribution < -0.4 is 0 Å². The molecule has 148 valence electrons. The first-order valence-corrected chi connectivity index (χ1v) is 11.1. The SMILES string of the molecule is CCCCCCCCCC(CCC1CCC2OC2C1)COCCOC. The van der Waals surface area contributed by atoms with Crippen molar-refractivity contribution in [3.05, 3.63) is 0 Å². The van der Waals surface area contributed by atoms with E-state index in [2.05, 4.69) is 6.92 Å². The third-order valence-electron chi connectivity index (χ3n) is 6.10. The van der Waals surface area contributed by atoms with Crippen molar-refractivity contribution < 1.29 is 14.2 Å². The predicted molar refractivity (Wildman–Crippen MR) is 104 cm³/mol. The van der Waals surface area contributed by atoms with E-state index in [0.29, 0.717) is 18.8 Å². The molecule has 0 radical (unpaired) electrons. The molecule has 2 rings (SSSR count). The number of unbranched alkanes of at least 4 members (excludes halogenated alkanes) is 6. The van der Waals surface area contributed by atoms with Gasteiger partial charge in [-0.25, -0.2) is 0 Å². The van der Waals surface area contributed by atoms with Crippen LogP contribution in [0.5, 0.6) is 0 Å². The van der Waals surface area contributed by atoms with Gasteiger partial charge in [0.15, 0.2) is 0 Å². The van der Waals surface area contributed by atoms with Gasteiger partial charge >= 0.3 is 0 Å². The van der Waals surface area contributed by atoms with Crippen LogP contribution in [0.25, 0.3) is 0 Å². The molecule has 2 aliphatic rings. The van der Waals surface area contributed by atoms with Crippen molar-refractivity contribution >= 4 is 0 Å². The molecule has 0 bridgehead atoms. The third-order valence-corrected chi connectivity index (χ3v) is 6.10. The van der Waals surface area contributed by atoms with E-state index >= 15 is 0 Å². The van der Waals surface area contributed by atoms with Crippen LogP contribution >= 0.6 is 0 Å². The summed E-state index contributed by atoms with van der Waals surface area (Å²) in [5, 5.41) is 0. The Morgan fingerprint density at radius 1 is 0.920 bits per heavy atom. The van der Waals surface area contributed by atoms with Crippen molar-refractivity contribution in [2.75, 3.05) is 26.9 Å². The summed E-state index contributed by atoms with van der Waals surface area (Å²) in [4.78, 5) is 0. The summed E-state index contributed by atoms with van der Waals surface area (Å²) < 4.78 is 16.7. The zero-order chi connectivity index (χ0) is 17.7. The largest absolute Gasteiger partial charge is 0.382 e. The van der Waals surface area contributed by atoms with Crippen molar-refractivity contribution in [1.29, 1.82) is 0 Å².